The highest BCUT2D eigenvalue weighted by Gasteiger charge is 2.23. The smallest absolute Gasteiger partial charge is 0.407 e. The van der Waals surface area contributed by atoms with Gasteiger partial charge in [0.2, 0.25) is 0 Å². The van der Waals surface area contributed by atoms with E-state index in [-0.39, 0.29) is 31.8 Å². The minimum atomic E-state index is -3.75. The molecular weight excluding hydrogens is 466 g/mol. The van der Waals surface area contributed by atoms with Crippen molar-refractivity contribution in [2.45, 2.75) is 38.7 Å². The topological polar surface area (TPSA) is 137 Å². The number of benzene rings is 2. The average Bonchev–Trinajstić information content (AvgIpc) is 2.83. The molecule has 34 heavy (non-hydrogen) atoms. The Balaban J connectivity index is 1.93. The van der Waals surface area contributed by atoms with Crippen LogP contribution < -0.4 is 10.1 Å². The highest BCUT2D eigenvalue weighted by Crippen LogP contribution is 2.16. The van der Waals surface area contributed by atoms with Crippen LogP contribution in [0.2, 0.25) is 0 Å². The first kappa shape index (κ1) is 27.3. The second kappa shape index (κ2) is 13.7. The molecule has 0 spiro atoms. The van der Waals surface area contributed by atoms with Crippen molar-refractivity contribution in [1.82, 2.24) is 5.32 Å². The van der Waals surface area contributed by atoms with Gasteiger partial charge < -0.3 is 24.6 Å². The standard InChI is InChI=1S/C23H29NO9S/c1-3-31-22(26)20(24-23(27)32-16-18-7-5-4-6-8-18)15-17-9-11-19(12-10-17)33-21(25)13-14-34(28,29)30-2/h4-12,20,22,26H,3,13-16H2,1-2H3,(H,24,27). The van der Waals surface area contributed by atoms with Crippen molar-refractivity contribution in [3.05, 3.63) is 65.7 Å². The van der Waals surface area contributed by atoms with Gasteiger partial charge in [-0.15, -0.1) is 0 Å². The number of hydrogen-bond acceptors (Lipinski definition) is 9. The molecule has 0 radical (unpaired) electrons. The summed E-state index contributed by atoms with van der Waals surface area (Å²) in [7, 11) is -2.73. The van der Waals surface area contributed by atoms with E-state index >= 15 is 0 Å². The van der Waals surface area contributed by atoms with E-state index in [0.29, 0.717) is 5.56 Å². The van der Waals surface area contributed by atoms with Gasteiger partial charge >= 0.3 is 12.1 Å². The molecule has 0 aliphatic carbocycles. The van der Waals surface area contributed by atoms with Crippen LogP contribution in [0.15, 0.2) is 54.6 Å². The van der Waals surface area contributed by atoms with Gasteiger partial charge in [0.1, 0.15) is 12.4 Å². The number of ether oxygens (including phenoxy) is 3. The number of esters is 1. The summed E-state index contributed by atoms with van der Waals surface area (Å²) in [4.78, 5) is 24.1. The van der Waals surface area contributed by atoms with Crippen LogP contribution in [0, 0.1) is 0 Å². The van der Waals surface area contributed by atoms with E-state index < -0.39 is 40.3 Å². The SMILES string of the molecule is CCOC(O)C(Cc1ccc(OC(=O)CCS(=O)(=O)OC)cc1)NC(=O)OCc1ccccc1. The fourth-order valence-electron chi connectivity index (χ4n) is 2.85. The van der Waals surface area contributed by atoms with Crippen molar-refractivity contribution < 1.29 is 41.5 Å². The molecule has 2 atom stereocenters. The van der Waals surface area contributed by atoms with Crippen molar-refractivity contribution in [3.8, 4) is 5.75 Å². The maximum Gasteiger partial charge on any atom is 0.407 e. The second-order valence-electron chi connectivity index (χ2n) is 7.16. The molecule has 2 rings (SSSR count). The molecule has 1 amide bonds. The maximum absolute atomic E-state index is 12.2. The van der Waals surface area contributed by atoms with Crippen molar-refractivity contribution in [3.63, 3.8) is 0 Å². The lowest BCUT2D eigenvalue weighted by atomic mass is 10.1. The molecule has 2 N–H and O–H groups in total. The van der Waals surface area contributed by atoms with Crippen LogP contribution in [0.5, 0.6) is 5.75 Å². The Kier molecular flexibility index (Phi) is 10.9. The lowest BCUT2D eigenvalue weighted by molar-refractivity contribution is -0.133. The van der Waals surface area contributed by atoms with Gasteiger partial charge in [0.25, 0.3) is 10.1 Å². The summed E-state index contributed by atoms with van der Waals surface area (Å²) in [5, 5.41) is 12.9. The van der Waals surface area contributed by atoms with Crippen molar-refractivity contribution in [1.29, 1.82) is 0 Å². The highest BCUT2D eigenvalue weighted by atomic mass is 32.2. The van der Waals surface area contributed by atoms with Crippen LogP contribution in [-0.4, -0.2) is 57.4 Å². The molecule has 186 valence electrons. The molecule has 0 aliphatic rings. The minimum Gasteiger partial charge on any atom is -0.445 e. The van der Waals surface area contributed by atoms with Gasteiger partial charge in [0, 0.05) is 6.61 Å². The van der Waals surface area contributed by atoms with Crippen LogP contribution in [-0.2, 0) is 41.6 Å². The van der Waals surface area contributed by atoms with E-state index in [1.165, 1.54) is 12.1 Å². The molecule has 0 saturated heterocycles. The highest BCUT2D eigenvalue weighted by molar-refractivity contribution is 7.86. The molecule has 2 aromatic carbocycles. The van der Waals surface area contributed by atoms with E-state index in [1.807, 2.05) is 30.3 Å². The van der Waals surface area contributed by atoms with Crippen LogP contribution in [0.1, 0.15) is 24.5 Å². The Labute approximate surface area is 198 Å². The molecule has 0 fully saturated rings. The van der Waals surface area contributed by atoms with E-state index in [2.05, 4.69) is 9.50 Å². The Morgan fingerprint density at radius 2 is 1.71 bits per heavy atom. The molecule has 0 aromatic heterocycles. The Morgan fingerprint density at radius 1 is 1.03 bits per heavy atom. The van der Waals surface area contributed by atoms with Gasteiger partial charge in [-0.3, -0.25) is 8.98 Å². The molecule has 0 saturated carbocycles. The fourth-order valence-corrected chi connectivity index (χ4v) is 3.43. The van der Waals surface area contributed by atoms with E-state index in [9.17, 15) is 23.1 Å². The molecule has 0 heterocycles. The molecule has 2 unspecified atom stereocenters. The minimum absolute atomic E-state index is 0.0792. The Bertz CT molecular complexity index is 1010. The van der Waals surface area contributed by atoms with Crippen LogP contribution in [0.3, 0.4) is 0 Å². The summed E-state index contributed by atoms with van der Waals surface area (Å²) in [6.07, 6.45) is -2.11. The van der Waals surface area contributed by atoms with Crippen LogP contribution in [0.4, 0.5) is 4.79 Å². The van der Waals surface area contributed by atoms with Crippen molar-refractivity contribution >= 4 is 22.2 Å². The van der Waals surface area contributed by atoms with Gasteiger partial charge in [-0.1, -0.05) is 42.5 Å². The molecule has 0 bridgehead atoms. The quantitative estimate of drug-likeness (QED) is 0.185. The number of hydrogen-bond donors (Lipinski definition) is 2. The maximum atomic E-state index is 12.2. The zero-order valence-corrected chi connectivity index (χ0v) is 19.8. The number of alkyl carbamates (subject to hydrolysis) is 1. The normalized spacial score (nSPS) is 13.0. The number of carbonyl (C=O) groups is 2. The number of nitrogens with one attached hydrogen (secondary N) is 1. The number of aliphatic hydroxyl groups excluding tert-OH is 1. The van der Waals surface area contributed by atoms with Gasteiger partial charge in [-0.2, -0.15) is 8.42 Å². The summed E-state index contributed by atoms with van der Waals surface area (Å²) in [5.74, 6) is -0.981. The molecule has 11 heteroatoms. The third-order valence-electron chi connectivity index (χ3n) is 4.62. The third-order valence-corrected chi connectivity index (χ3v) is 5.83. The first-order valence-electron chi connectivity index (χ1n) is 10.6. The molecule has 10 nitrogen and oxygen atoms in total. The first-order chi connectivity index (χ1) is 16.2. The Morgan fingerprint density at radius 3 is 2.32 bits per heavy atom. The summed E-state index contributed by atoms with van der Waals surface area (Å²) in [5.41, 5.74) is 1.54. The van der Waals surface area contributed by atoms with Crippen molar-refractivity contribution in [2.75, 3.05) is 19.5 Å². The molecular formula is C23H29NO9S. The Hall–Kier alpha value is -2.99. The lowest BCUT2D eigenvalue weighted by Gasteiger charge is -2.24. The van der Waals surface area contributed by atoms with E-state index in [4.69, 9.17) is 14.2 Å². The number of carbonyl (C=O) groups excluding carboxylic acids is 2. The van der Waals surface area contributed by atoms with Crippen LogP contribution in [0.25, 0.3) is 0 Å². The summed E-state index contributed by atoms with van der Waals surface area (Å²) in [6.45, 7) is 2.04. The fraction of sp³-hybridized carbons (Fsp3) is 0.391. The zero-order valence-electron chi connectivity index (χ0n) is 19.0. The van der Waals surface area contributed by atoms with Crippen LogP contribution >= 0.6 is 0 Å². The molecule has 0 aliphatic heterocycles. The van der Waals surface area contributed by atoms with Gasteiger partial charge in [-0.25, -0.2) is 4.79 Å². The summed E-state index contributed by atoms with van der Waals surface area (Å²) in [6, 6.07) is 14.7. The molecule has 2 aromatic rings. The monoisotopic (exact) mass is 495 g/mol. The van der Waals surface area contributed by atoms with E-state index in [0.717, 1.165) is 12.7 Å². The predicted molar refractivity (Wildman–Crippen MR) is 122 cm³/mol. The number of aliphatic hydroxyl groups is 1. The third kappa shape index (κ3) is 9.87. The average molecular weight is 496 g/mol. The first-order valence-corrected chi connectivity index (χ1v) is 12.1. The van der Waals surface area contributed by atoms with Crippen molar-refractivity contribution in [2.24, 2.45) is 0 Å². The zero-order chi connectivity index (χ0) is 25.0. The van der Waals surface area contributed by atoms with Gasteiger partial charge in [0.05, 0.1) is 25.3 Å². The van der Waals surface area contributed by atoms with Gasteiger partial charge in [-0.05, 0) is 36.6 Å². The number of amides is 1. The van der Waals surface area contributed by atoms with E-state index in [1.54, 1.807) is 19.1 Å². The summed E-state index contributed by atoms with van der Waals surface area (Å²) >= 11 is 0. The summed E-state index contributed by atoms with van der Waals surface area (Å²) < 4.78 is 42.4. The van der Waals surface area contributed by atoms with Gasteiger partial charge in [0.15, 0.2) is 6.29 Å². The predicted octanol–water partition coefficient (Wildman–Crippen LogP) is 2.15. The second-order valence-corrected chi connectivity index (χ2v) is 9.02. The number of rotatable bonds is 13. The lowest BCUT2D eigenvalue weighted by Crippen LogP contribution is -2.46. The largest absolute Gasteiger partial charge is 0.445 e.